The summed E-state index contributed by atoms with van der Waals surface area (Å²) in [5.74, 6) is 0.649. The molecule has 2 aromatic carbocycles. The number of nitrogens with one attached hydrogen (secondary N) is 1. The highest BCUT2D eigenvalue weighted by molar-refractivity contribution is 5.90. The van der Waals surface area contributed by atoms with Crippen molar-refractivity contribution in [2.75, 3.05) is 27.4 Å². The van der Waals surface area contributed by atoms with Gasteiger partial charge >= 0.3 is 0 Å². The van der Waals surface area contributed by atoms with Crippen molar-refractivity contribution in [3.8, 4) is 11.5 Å². The number of ether oxygens (including phenoxy) is 3. The summed E-state index contributed by atoms with van der Waals surface area (Å²) in [4.78, 5) is 29.8. The lowest BCUT2D eigenvalue weighted by atomic mass is 9.99. The van der Waals surface area contributed by atoms with Gasteiger partial charge < -0.3 is 24.4 Å². The normalized spacial score (nSPS) is 18.4. The quantitative estimate of drug-likeness (QED) is 0.436. The van der Waals surface area contributed by atoms with Gasteiger partial charge in [0.1, 0.15) is 29.6 Å². The molecule has 2 heterocycles. The number of amides is 2. The molecule has 3 aromatic rings. The summed E-state index contributed by atoms with van der Waals surface area (Å²) >= 11 is 0. The van der Waals surface area contributed by atoms with Gasteiger partial charge in [0.05, 0.1) is 25.8 Å². The average molecular weight is 522 g/mol. The van der Waals surface area contributed by atoms with Crippen molar-refractivity contribution in [2.24, 2.45) is 0 Å². The molecule has 1 aromatic heterocycles. The zero-order chi connectivity index (χ0) is 26.5. The summed E-state index contributed by atoms with van der Waals surface area (Å²) in [5.41, 5.74) is 2.10. The minimum Gasteiger partial charge on any atom is -0.497 e. The molecule has 1 aliphatic carbocycles. The Morgan fingerprint density at radius 3 is 2.66 bits per heavy atom. The number of rotatable bonds is 10. The summed E-state index contributed by atoms with van der Waals surface area (Å²) in [6.07, 6.45) is 5.54. The van der Waals surface area contributed by atoms with E-state index in [1.165, 1.54) is 0 Å². The van der Waals surface area contributed by atoms with Crippen LogP contribution in [0.3, 0.4) is 0 Å². The number of para-hydroxylation sites is 1. The van der Waals surface area contributed by atoms with E-state index in [1.54, 1.807) is 35.9 Å². The van der Waals surface area contributed by atoms with Gasteiger partial charge in [-0.25, -0.2) is 4.68 Å². The fourth-order valence-corrected chi connectivity index (χ4v) is 5.56. The average Bonchev–Trinajstić information content (AvgIpc) is 3.73. The zero-order valence-electron chi connectivity index (χ0n) is 22.0. The van der Waals surface area contributed by atoms with Crippen LogP contribution >= 0.6 is 0 Å². The maximum absolute atomic E-state index is 14.1. The SMILES string of the molecule is COc1ccc(C(C(=O)NCC2CCCO2)N(C(=O)Cn2nnc3ccccc32)C2CCCC2)c(OC)c1. The maximum Gasteiger partial charge on any atom is 0.247 e. The van der Waals surface area contributed by atoms with Gasteiger partial charge in [-0.15, -0.1) is 5.10 Å². The fourth-order valence-electron chi connectivity index (χ4n) is 5.56. The number of carbonyl (C=O) groups excluding carboxylic acids is 2. The van der Waals surface area contributed by atoms with Gasteiger partial charge in [-0.1, -0.05) is 30.2 Å². The number of benzene rings is 2. The highest BCUT2D eigenvalue weighted by Crippen LogP contribution is 2.37. The summed E-state index contributed by atoms with van der Waals surface area (Å²) in [5, 5.41) is 11.5. The van der Waals surface area contributed by atoms with E-state index in [0.29, 0.717) is 30.2 Å². The Bertz CT molecular complexity index is 1270. The van der Waals surface area contributed by atoms with Crippen molar-refractivity contribution in [2.45, 2.75) is 63.3 Å². The molecule has 10 heteroatoms. The van der Waals surface area contributed by atoms with E-state index in [2.05, 4.69) is 15.6 Å². The molecular formula is C28H35N5O5. The van der Waals surface area contributed by atoms with Crippen LogP contribution in [0.4, 0.5) is 0 Å². The van der Waals surface area contributed by atoms with Crippen LogP contribution in [0.25, 0.3) is 11.0 Å². The van der Waals surface area contributed by atoms with Gasteiger partial charge in [0.2, 0.25) is 11.8 Å². The third kappa shape index (κ3) is 5.45. The number of methoxy groups -OCH3 is 2. The Kier molecular flexibility index (Phi) is 8.07. The van der Waals surface area contributed by atoms with E-state index in [1.807, 2.05) is 30.3 Å². The highest BCUT2D eigenvalue weighted by atomic mass is 16.5. The third-order valence-electron chi connectivity index (χ3n) is 7.50. The van der Waals surface area contributed by atoms with Gasteiger partial charge in [-0.2, -0.15) is 0 Å². The largest absolute Gasteiger partial charge is 0.497 e. The number of hydrogen-bond acceptors (Lipinski definition) is 7. The van der Waals surface area contributed by atoms with Gasteiger partial charge in [0, 0.05) is 30.8 Å². The van der Waals surface area contributed by atoms with Gasteiger partial charge in [-0.05, 0) is 49.9 Å². The molecular weight excluding hydrogens is 486 g/mol. The summed E-state index contributed by atoms with van der Waals surface area (Å²) in [7, 11) is 3.14. The first kappa shape index (κ1) is 26.0. The van der Waals surface area contributed by atoms with Crippen LogP contribution in [0.2, 0.25) is 0 Å². The molecule has 1 saturated heterocycles. The number of hydrogen-bond donors (Lipinski definition) is 1. The Hall–Kier alpha value is -3.66. The van der Waals surface area contributed by atoms with Crippen LogP contribution < -0.4 is 14.8 Å². The lowest BCUT2D eigenvalue weighted by Gasteiger charge is -2.36. The molecule has 1 saturated carbocycles. The second kappa shape index (κ2) is 11.8. The lowest BCUT2D eigenvalue weighted by Crippen LogP contribution is -2.50. The highest BCUT2D eigenvalue weighted by Gasteiger charge is 2.39. The number of nitrogens with zero attached hydrogens (tertiary/aromatic N) is 4. The molecule has 2 unspecified atom stereocenters. The standard InChI is InChI=1S/C28H35N5O5/c1-36-20-13-14-22(25(16-20)37-2)27(28(35)29-17-21-10-7-15-38-21)33(19-8-3-4-9-19)26(34)18-32-24-12-6-5-11-23(24)30-31-32/h5-6,11-14,16,19,21,27H,3-4,7-10,15,17-18H2,1-2H3,(H,29,35). The van der Waals surface area contributed by atoms with Crippen molar-refractivity contribution in [1.82, 2.24) is 25.2 Å². The molecule has 1 aliphatic heterocycles. The summed E-state index contributed by atoms with van der Waals surface area (Å²) in [6.45, 7) is 1.08. The van der Waals surface area contributed by atoms with Crippen molar-refractivity contribution >= 4 is 22.8 Å². The number of carbonyl (C=O) groups is 2. The van der Waals surface area contributed by atoms with Crippen LogP contribution in [-0.4, -0.2) is 71.2 Å². The second-order valence-corrected chi connectivity index (χ2v) is 9.87. The molecule has 5 rings (SSSR count). The fraction of sp³-hybridized carbons (Fsp3) is 0.500. The van der Waals surface area contributed by atoms with E-state index >= 15 is 0 Å². The van der Waals surface area contributed by atoms with E-state index in [0.717, 1.165) is 49.6 Å². The Balaban J connectivity index is 1.52. The third-order valence-corrected chi connectivity index (χ3v) is 7.50. The smallest absolute Gasteiger partial charge is 0.247 e. The molecule has 0 radical (unpaired) electrons. The van der Waals surface area contributed by atoms with E-state index < -0.39 is 6.04 Å². The summed E-state index contributed by atoms with van der Waals surface area (Å²) in [6, 6.07) is 11.9. The number of aromatic nitrogens is 3. The van der Waals surface area contributed by atoms with Crippen molar-refractivity contribution in [3.63, 3.8) is 0 Å². The molecule has 0 spiro atoms. The zero-order valence-corrected chi connectivity index (χ0v) is 22.0. The first-order chi connectivity index (χ1) is 18.6. The maximum atomic E-state index is 14.1. The second-order valence-electron chi connectivity index (χ2n) is 9.87. The molecule has 2 amide bonds. The predicted octanol–water partition coefficient (Wildman–Crippen LogP) is 3.26. The molecule has 10 nitrogen and oxygen atoms in total. The molecule has 2 fully saturated rings. The van der Waals surface area contributed by atoms with E-state index in [-0.39, 0.29) is 30.5 Å². The predicted molar refractivity (Wildman–Crippen MR) is 141 cm³/mol. The molecule has 2 atom stereocenters. The lowest BCUT2D eigenvalue weighted by molar-refractivity contribution is -0.144. The first-order valence-corrected chi connectivity index (χ1v) is 13.3. The minimum atomic E-state index is -0.886. The Morgan fingerprint density at radius 1 is 1.11 bits per heavy atom. The van der Waals surface area contributed by atoms with Crippen molar-refractivity contribution in [3.05, 3.63) is 48.0 Å². The molecule has 38 heavy (non-hydrogen) atoms. The van der Waals surface area contributed by atoms with E-state index in [4.69, 9.17) is 14.2 Å². The van der Waals surface area contributed by atoms with Crippen LogP contribution in [0, 0.1) is 0 Å². The Morgan fingerprint density at radius 2 is 1.92 bits per heavy atom. The molecule has 1 N–H and O–H groups in total. The van der Waals surface area contributed by atoms with Crippen molar-refractivity contribution < 1.29 is 23.8 Å². The van der Waals surface area contributed by atoms with Gasteiger partial charge in [-0.3, -0.25) is 9.59 Å². The first-order valence-electron chi connectivity index (χ1n) is 13.3. The number of fused-ring (bicyclic) bond motifs is 1. The van der Waals surface area contributed by atoms with Crippen LogP contribution in [0.1, 0.15) is 50.1 Å². The molecule has 0 bridgehead atoms. The van der Waals surface area contributed by atoms with Crippen LogP contribution in [0.5, 0.6) is 11.5 Å². The summed E-state index contributed by atoms with van der Waals surface area (Å²) < 4.78 is 18.4. The minimum absolute atomic E-state index is 0.0190. The van der Waals surface area contributed by atoms with Crippen LogP contribution in [-0.2, 0) is 20.9 Å². The monoisotopic (exact) mass is 521 g/mol. The molecule has 202 valence electrons. The molecule has 2 aliphatic rings. The Labute approximate surface area is 222 Å². The van der Waals surface area contributed by atoms with Crippen LogP contribution in [0.15, 0.2) is 42.5 Å². The van der Waals surface area contributed by atoms with Gasteiger partial charge in [0.15, 0.2) is 0 Å². The topological polar surface area (TPSA) is 108 Å². The van der Waals surface area contributed by atoms with Crippen molar-refractivity contribution in [1.29, 1.82) is 0 Å². The van der Waals surface area contributed by atoms with Gasteiger partial charge in [0.25, 0.3) is 0 Å². The van der Waals surface area contributed by atoms with E-state index in [9.17, 15) is 9.59 Å².